The molecule has 9 heterocycles. The second-order valence-corrected chi connectivity index (χ2v) is 21.7. The van der Waals surface area contributed by atoms with Gasteiger partial charge in [0.05, 0.1) is 0 Å². The summed E-state index contributed by atoms with van der Waals surface area (Å²) in [7, 11) is 0. The van der Waals surface area contributed by atoms with Crippen molar-refractivity contribution in [3.8, 4) is 66.8 Å². The van der Waals surface area contributed by atoms with Crippen molar-refractivity contribution in [3.63, 3.8) is 0 Å². The van der Waals surface area contributed by atoms with Crippen molar-refractivity contribution in [2.75, 3.05) is 9.80 Å². The summed E-state index contributed by atoms with van der Waals surface area (Å²) in [5.74, 6) is 0. The minimum atomic E-state index is 1.09. The van der Waals surface area contributed by atoms with Gasteiger partial charge in [-0.15, -0.1) is 22.7 Å². The van der Waals surface area contributed by atoms with E-state index in [0.717, 1.165) is 56.4 Å². The first-order valence-electron chi connectivity index (χ1n) is 25.9. The Hall–Kier alpha value is -9.32. The first kappa shape index (κ1) is 44.2. The summed E-state index contributed by atoms with van der Waals surface area (Å²) in [5, 5.41) is 5.26. The summed E-state index contributed by atoms with van der Waals surface area (Å²) in [5.41, 5.74) is 20.9. The number of anilines is 6. The molecular formula is C72H46N2S2. The molecular weight excluding hydrogens is 957 g/mol. The molecule has 7 aliphatic rings. The van der Waals surface area contributed by atoms with Crippen molar-refractivity contribution >= 4 is 97.1 Å². The predicted octanol–water partition coefficient (Wildman–Crippen LogP) is 21.7. The van der Waals surface area contributed by atoms with Crippen LogP contribution in [0.15, 0.2) is 279 Å². The maximum atomic E-state index is 2.38. The first-order chi connectivity index (χ1) is 37.7. The van der Waals surface area contributed by atoms with E-state index in [1.165, 1.54) is 84.9 Å². The number of fused-ring (bicyclic) bond motifs is 6. The number of nitrogens with zero attached hydrogens (tertiary/aromatic N) is 2. The summed E-state index contributed by atoms with van der Waals surface area (Å²) >= 11 is 3.75. The van der Waals surface area contributed by atoms with Crippen LogP contribution >= 0.6 is 22.7 Å². The topological polar surface area (TPSA) is 6.48 Å². The molecule has 21 rings (SSSR count). The molecule has 0 aliphatic carbocycles. The number of rotatable bonds is 4. The van der Waals surface area contributed by atoms with Crippen molar-refractivity contribution in [2.24, 2.45) is 0 Å². The zero-order chi connectivity index (χ0) is 50.1. The summed E-state index contributed by atoms with van der Waals surface area (Å²) < 4.78 is 5.28. The van der Waals surface area contributed by atoms with E-state index in [9.17, 15) is 0 Å². The molecule has 2 nitrogen and oxygen atoms in total. The fourth-order valence-corrected chi connectivity index (χ4v) is 14.0. The third-order valence-electron chi connectivity index (χ3n) is 15.3. The highest BCUT2D eigenvalue weighted by atomic mass is 32.1. The van der Waals surface area contributed by atoms with Crippen molar-refractivity contribution < 1.29 is 0 Å². The lowest BCUT2D eigenvalue weighted by Gasteiger charge is -2.27. The molecule has 12 aromatic carbocycles. The van der Waals surface area contributed by atoms with E-state index in [-0.39, 0.29) is 0 Å². The van der Waals surface area contributed by atoms with Crippen LogP contribution in [0.2, 0.25) is 0 Å². The third kappa shape index (κ3) is 7.53. The summed E-state index contributed by atoms with van der Waals surface area (Å²) in [4.78, 5) is 4.76. The van der Waals surface area contributed by atoms with Crippen LogP contribution in [0.25, 0.3) is 107 Å². The molecule has 76 heavy (non-hydrogen) atoms. The predicted molar refractivity (Wildman–Crippen MR) is 328 cm³/mol. The minimum absolute atomic E-state index is 1.09. The number of benzene rings is 12. The van der Waals surface area contributed by atoms with Crippen LogP contribution < -0.4 is 9.80 Å². The lowest BCUT2D eigenvalue weighted by Crippen LogP contribution is -2.10. The Morgan fingerprint density at radius 3 is 0.697 bits per heavy atom. The van der Waals surface area contributed by atoms with Crippen molar-refractivity contribution in [2.45, 2.75) is 0 Å². The highest BCUT2D eigenvalue weighted by Gasteiger charge is 2.20. The maximum Gasteiger partial charge on any atom is 0.0462 e. The molecule has 0 amide bonds. The summed E-state index contributed by atoms with van der Waals surface area (Å²) in [6.07, 6.45) is 0. The van der Waals surface area contributed by atoms with Gasteiger partial charge in [0.1, 0.15) is 0 Å². The molecule has 0 N–H and O–H groups in total. The Balaban J connectivity index is 0.837. The van der Waals surface area contributed by atoms with Gasteiger partial charge >= 0.3 is 0 Å². The zero-order valence-electron chi connectivity index (χ0n) is 41.3. The molecule has 4 heteroatoms. The van der Waals surface area contributed by atoms with E-state index in [2.05, 4.69) is 289 Å². The van der Waals surface area contributed by atoms with Gasteiger partial charge in [0, 0.05) is 74.5 Å². The van der Waals surface area contributed by atoms with Gasteiger partial charge in [-0.3, -0.25) is 0 Å². The fourth-order valence-electron chi connectivity index (χ4n) is 11.6. The Morgan fingerprint density at radius 2 is 0.408 bits per heavy atom. The first-order valence-corrected chi connectivity index (χ1v) is 27.5. The molecule has 0 atom stereocenters. The molecule has 0 saturated heterocycles. The average Bonchev–Trinajstić information content (AvgIpc) is 4.08. The molecule has 0 spiro atoms. The largest absolute Gasteiger partial charge is 0.311 e. The smallest absolute Gasteiger partial charge is 0.0462 e. The molecule has 2 aromatic heterocycles. The van der Waals surface area contributed by atoms with Crippen LogP contribution in [0.5, 0.6) is 0 Å². The summed E-state index contributed by atoms with van der Waals surface area (Å²) in [6, 6.07) is 103. The van der Waals surface area contributed by atoms with E-state index in [1.54, 1.807) is 0 Å². The quantitative estimate of drug-likeness (QED) is 0.173. The lowest BCUT2D eigenvalue weighted by molar-refractivity contribution is 1.28. The minimum Gasteiger partial charge on any atom is -0.311 e. The monoisotopic (exact) mass is 1000 g/mol. The van der Waals surface area contributed by atoms with E-state index in [1.807, 2.05) is 22.7 Å². The Morgan fingerprint density at radius 1 is 0.184 bits per heavy atom. The highest BCUT2D eigenvalue weighted by Crippen LogP contribution is 2.46. The van der Waals surface area contributed by atoms with Crippen LogP contribution in [0.4, 0.5) is 34.1 Å². The van der Waals surface area contributed by atoms with Gasteiger partial charge in [0.25, 0.3) is 0 Å². The van der Waals surface area contributed by atoms with E-state index >= 15 is 0 Å². The van der Waals surface area contributed by atoms with Gasteiger partial charge in [-0.1, -0.05) is 194 Å². The zero-order valence-corrected chi connectivity index (χ0v) is 42.9. The Labute approximate surface area is 449 Å². The molecule has 7 aliphatic heterocycles. The average molecular weight is 1000 g/mol. The van der Waals surface area contributed by atoms with Crippen molar-refractivity contribution in [3.05, 3.63) is 279 Å². The van der Waals surface area contributed by atoms with Crippen molar-refractivity contribution in [1.29, 1.82) is 0 Å². The van der Waals surface area contributed by atoms with Gasteiger partial charge in [0.2, 0.25) is 0 Å². The molecule has 0 saturated carbocycles. The van der Waals surface area contributed by atoms with Crippen molar-refractivity contribution in [1.82, 2.24) is 0 Å². The van der Waals surface area contributed by atoms with Gasteiger partial charge in [-0.2, -0.15) is 0 Å². The van der Waals surface area contributed by atoms with Gasteiger partial charge in [-0.25, -0.2) is 0 Å². The molecule has 356 valence electrons. The van der Waals surface area contributed by atoms with E-state index in [0.29, 0.717) is 0 Å². The maximum absolute atomic E-state index is 2.38. The van der Waals surface area contributed by atoms with Crippen LogP contribution in [-0.4, -0.2) is 0 Å². The summed E-state index contributed by atoms with van der Waals surface area (Å²) in [6.45, 7) is 0. The number of hydrogen-bond donors (Lipinski definition) is 0. The van der Waals surface area contributed by atoms with Gasteiger partial charge in [0.15, 0.2) is 0 Å². The van der Waals surface area contributed by atoms with Crippen LogP contribution in [0, 0.1) is 0 Å². The normalized spacial score (nSPS) is 12.2. The molecule has 0 fully saturated rings. The molecule has 14 aromatic rings. The highest BCUT2D eigenvalue weighted by molar-refractivity contribution is 7.26. The third-order valence-corrected chi connectivity index (χ3v) is 17.7. The fraction of sp³-hybridized carbons (Fsp3) is 0. The number of hydrogen-bond acceptors (Lipinski definition) is 4. The molecule has 8 bridgehead atoms. The lowest BCUT2D eigenvalue weighted by atomic mass is 9.93. The Bertz CT molecular complexity index is 4050. The number of thiophene rings is 2. The Kier molecular flexibility index (Phi) is 10.6. The SMILES string of the molecule is c1ccc2c(c1)-c1ccc(cc1)N(c1ccc(-c3cccc4c3sc3ccccc34)cc1)c1ccc(cc1)-c1ccccc1-c1ccc(cc1)N(c1ccc(-c3cccc4c3sc3ccccc34)cc1)c1ccc-2cc1. The van der Waals surface area contributed by atoms with Crippen LogP contribution in [-0.2, 0) is 0 Å². The second-order valence-electron chi connectivity index (χ2n) is 19.6. The molecule has 0 unspecified atom stereocenters. The molecule has 0 radical (unpaired) electrons. The van der Waals surface area contributed by atoms with E-state index in [4.69, 9.17) is 0 Å². The van der Waals surface area contributed by atoms with Gasteiger partial charge < -0.3 is 9.80 Å². The van der Waals surface area contributed by atoms with E-state index < -0.39 is 0 Å². The standard InChI is InChI=1S/C72H46N2S2/c1-2-12-60-48-25-37-54(38-26-48)74(58-45-33-52(34-46-58)64-18-10-20-68-66-16-6-8-22-70(66)76-72(64)68)56-41-29-50(30-42-56)62-14-4-3-13-61(62)49-27-39-55(40-28-49)73(53-35-23-47(24-36-53)59(60)11-1)57-43-31-51(32-44-57)63-17-9-19-67-65-15-5-7-21-69(65)75-71(63)67/h1-46H. The van der Waals surface area contributed by atoms with Crippen LogP contribution in [0.1, 0.15) is 0 Å². The van der Waals surface area contributed by atoms with Gasteiger partial charge in [-0.05, 0) is 152 Å². The van der Waals surface area contributed by atoms with Crippen LogP contribution in [0.3, 0.4) is 0 Å². The second kappa shape index (κ2) is 18.3.